The molecule has 2 aromatic heterocycles. The number of alkyl halides is 1. The van der Waals surface area contributed by atoms with Crippen LogP contribution in [-0.4, -0.2) is 0 Å². The van der Waals surface area contributed by atoms with Crippen molar-refractivity contribution in [2.45, 2.75) is 18.2 Å². The van der Waals surface area contributed by atoms with Gasteiger partial charge in [-0.2, -0.15) is 0 Å². The zero-order valence-electron chi connectivity index (χ0n) is 8.47. The normalized spacial score (nSPS) is 13.0. The Labute approximate surface area is 124 Å². The molecule has 1 unspecified atom stereocenters. The molecule has 0 bridgehead atoms. The molecule has 0 saturated carbocycles. The smallest absolute Gasteiger partial charge is 0.108 e. The van der Waals surface area contributed by atoms with E-state index in [1.54, 1.807) is 17.6 Å². The van der Waals surface area contributed by atoms with Gasteiger partial charge in [-0.3, -0.25) is 0 Å². The highest BCUT2D eigenvalue weighted by Gasteiger charge is 2.20. The minimum Gasteiger partial charge on any atom is -0.469 e. The van der Waals surface area contributed by atoms with Crippen LogP contribution >= 0.6 is 59.1 Å². The second-order valence-electron chi connectivity index (χ2n) is 3.29. The number of halogens is 3. The van der Waals surface area contributed by atoms with E-state index >= 15 is 0 Å². The molecule has 0 fully saturated rings. The van der Waals surface area contributed by atoms with Crippen LogP contribution in [0.1, 0.15) is 28.6 Å². The van der Waals surface area contributed by atoms with Gasteiger partial charge in [0, 0.05) is 12.0 Å². The predicted molar refractivity (Wildman–Crippen MR) is 78.6 cm³/mol. The van der Waals surface area contributed by atoms with Crippen molar-refractivity contribution in [3.63, 3.8) is 0 Å². The van der Waals surface area contributed by atoms with Crippen LogP contribution < -0.4 is 0 Å². The summed E-state index contributed by atoms with van der Waals surface area (Å²) >= 11 is 12.5. The summed E-state index contributed by atoms with van der Waals surface area (Å²) in [5, 5.41) is 0. The van der Waals surface area contributed by atoms with Gasteiger partial charge in [-0.05, 0) is 49.6 Å². The van der Waals surface area contributed by atoms with Gasteiger partial charge in [0.2, 0.25) is 0 Å². The molecule has 0 saturated heterocycles. The Morgan fingerprint density at radius 3 is 2.69 bits per heavy atom. The van der Waals surface area contributed by atoms with E-state index in [-0.39, 0.29) is 4.83 Å². The van der Waals surface area contributed by atoms with E-state index < -0.39 is 0 Å². The second kappa shape index (κ2) is 5.38. The molecule has 0 N–H and O–H groups in total. The number of thiophene rings is 1. The minimum atomic E-state index is 0.179. The number of hydrogen-bond donors (Lipinski definition) is 0. The van der Waals surface area contributed by atoms with Crippen LogP contribution in [0.4, 0.5) is 0 Å². The summed E-state index contributed by atoms with van der Waals surface area (Å²) in [6.45, 7) is 2.10. The van der Waals surface area contributed by atoms with Crippen LogP contribution in [0.25, 0.3) is 0 Å². The largest absolute Gasteiger partial charge is 0.469 e. The second-order valence-corrected chi connectivity index (χ2v) is 7.96. The molecule has 86 valence electrons. The van der Waals surface area contributed by atoms with E-state index in [9.17, 15) is 0 Å². The number of furan rings is 1. The SMILES string of the molecule is CCc1occc1C(Br)c1cc(Br)sc1Br. The van der Waals surface area contributed by atoms with Crippen molar-refractivity contribution >= 4 is 59.1 Å². The van der Waals surface area contributed by atoms with Gasteiger partial charge < -0.3 is 4.42 Å². The third kappa shape index (κ3) is 2.47. The summed E-state index contributed by atoms with van der Waals surface area (Å²) in [4.78, 5) is 0.179. The fourth-order valence-corrected chi connectivity index (χ4v) is 5.69. The lowest BCUT2D eigenvalue weighted by Gasteiger charge is -2.08. The minimum absolute atomic E-state index is 0.179. The number of rotatable bonds is 3. The molecular weight excluding hydrogens is 420 g/mol. The van der Waals surface area contributed by atoms with Crippen molar-refractivity contribution in [3.8, 4) is 0 Å². The topological polar surface area (TPSA) is 13.1 Å². The van der Waals surface area contributed by atoms with Crippen molar-refractivity contribution in [1.82, 2.24) is 0 Å². The fraction of sp³-hybridized carbons (Fsp3) is 0.273. The average molecular weight is 429 g/mol. The summed E-state index contributed by atoms with van der Waals surface area (Å²) in [5.74, 6) is 1.04. The van der Waals surface area contributed by atoms with Crippen molar-refractivity contribution in [2.75, 3.05) is 0 Å². The molecule has 2 aromatic rings. The van der Waals surface area contributed by atoms with E-state index in [2.05, 4.69) is 60.8 Å². The summed E-state index contributed by atoms with van der Waals surface area (Å²) < 4.78 is 7.72. The molecule has 0 amide bonds. The summed E-state index contributed by atoms with van der Waals surface area (Å²) in [6.07, 6.45) is 2.66. The first-order valence-electron chi connectivity index (χ1n) is 4.78. The van der Waals surface area contributed by atoms with Gasteiger partial charge in [-0.15, -0.1) is 11.3 Å². The highest BCUT2D eigenvalue weighted by molar-refractivity contribution is 9.12. The van der Waals surface area contributed by atoms with Gasteiger partial charge in [0.05, 0.1) is 18.7 Å². The molecule has 0 aliphatic carbocycles. The van der Waals surface area contributed by atoms with E-state index in [4.69, 9.17) is 4.42 Å². The molecule has 1 atom stereocenters. The Balaban J connectivity index is 2.38. The van der Waals surface area contributed by atoms with Crippen LogP contribution in [-0.2, 0) is 6.42 Å². The average Bonchev–Trinajstić information content (AvgIpc) is 2.83. The molecule has 1 nitrogen and oxygen atoms in total. The van der Waals surface area contributed by atoms with Crippen molar-refractivity contribution in [2.24, 2.45) is 0 Å². The van der Waals surface area contributed by atoms with Crippen LogP contribution in [0.3, 0.4) is 0 Å². The summed E-state index contributed by atoms with van der Waals surface area (Å²) in [7, 11) is 0. The van der Waals surface area contributed by atoms with Gasteiger partial charge in [-0.25, -0.2) is 0 Å². The third-order valence-corrected chi connectivity index (χ3v) is 5.70. The van der Waals surface area contributed by atoms with Crippen LogP contribution in [0.5, 0.6) is 0 Å². The fourth-order valence-electron chi connectivity index (χ4n) is 1.56. The maximum atomic E-state index is 5.45. The Morgan fingerprint density at radius 1 is 1.38 bits per heavy atom. The lowest BCUT2D eigenvalue weighted by molar-refractivity contribution is 0.512. The molecule has 2 rings (SSSR count). The highest BCUT2D eigenvalue weighted by atomic mass is 79.9. The first-order valence-corrected chi connectivity index (χ1v) is 8.10. The standard InChI is InChI=1S/C11H9Br3OS/c1-2-8-6(3-4-15-8)10(13)7-5-9(12)16-11(7)14/h3-5,10H,2H2,1H3. The van der Waals surface area contributed by atoms with Gasteiger partial charge >= 0.3 is 0 Å². The van der Waals surface area contributed by atoms with Gasteiger partial charge in [0.1, 0.15) is 5.76 Å². The lowest BCUT2D eigenvalue weighted by atomic mass is 10.1. The van der Waals surface area contributed by atoms with E-state index in [1.165, 1.54) is 11.1 Å². The van der Waals surface area contributed by atoms with Gasteiger partial charge in [-0.1, -0.05) is 22.9 Å². The first kappa shape index (κ1) is 12.9. The Morgan fingerprint density at radius 2 is 2.12 bits per heavy atom. The Bertz CT molecular complexity index is 489. The van der Waals surface area contributed by atoms with E-state index in [0.29, 0.717) is 0 Å². The zero-order valence-corrected chi connectivity index (χ0v) is 14.0. The van der Waals surface area contributed by atoms with Crippen molar-refractivity contribution in [1.29, 1.82) is 0 Å². The molecular formula is C11H9Br3OS. The Kier molecular flexibility index (Phi) is 4.32. The molecule has 2 heterocycles. The molecule has 16 heavy (non-hydrogen) atoms. The van der Waals surface area contributed by atoms with Crippen LogP contribution in [0.15, 0.2) is 30.4 Å². The number of aryl methyl sites for hydroxylation is 1. The highest BCUT2D eigenvalue weighted by Crippen LogP contribution is 2.42. The molecule has 0 aliphatic rings. The Hall–Kier alpha value is 0.420. The van der Waals surface area contributed by atoms with E-state index in [1.807, 2.05) is 6.07 Å². The summed E-state index contributed by atoms with van der Waals surface area (Å²) in [5.41, 5.74) is 2.43. The quantitative estimate of drug-likeness (QED) is 0.553. The molecule has 5 heteroatoms. The first-order chi connectivity index (χ1) is 7.63. The van der Waals surface area contributed by atoms with Crippen LogP contribution in [0, 0.1) is 0 Å². The number of hydrogen-bond acceptors (Lipinski definition) is 2. The van der Waals surface area contributed by atoms with E-state index in [0.717, 1.165) is 19.8 Å². The van der Waals surface area contributed by atoms with Crippen molar-refractivity contribution in [3.05, 3.63) is 42.9 Å². The van der Waals surface area contributed by atoms with Crippen LogP contribution in [0.2, 0.25) is 0 Å². The molecule has 0 aliphatic heterocycles. The molecule has 0 radical (unpaired) electrons. The molecule has 0 aromatic carbocycles. The zero-order chi connectivity index (χ0) is 11.7. The van der Waals surface area contributed by atoms with Gasteiger partial charge in [0.15, 0.2) is 0 Å². The van der Waals surface area contributed by atoms with Crippen molar-refractivity contribution < 1.29 is 4.42 Å². The maximum Gasteiger partial charge on any atom is 0.108 e. The third-order valence-electron chi connectivity index (χ3n) is 2.33. The predicted octanol–water partition coefficient (Wildman–Crippen LogP) is 5.91. The lowest BCUT2D eigenvalue weighted by Crippen LogP contribution is -1.93. The maximum absolute atomic E-state index is 5.45. The molecule has 0 spiro atoms. The summed E-state index contributed by atoms with van der Waals surface area (Å²) in [6, 6.07) is 4.15. The monoisotopic (exact) mass is 426 g/mol. The van der Waals surface area contributed by atoms with Gasteiger partial charge in [0.25, 0.3) is 0 Å².